The van der Waals surface area contributed by atoms with Gasteiger partial charge in [-0.3, -0.25) is 4.31 Å². The van der Waals surface area contributed by atoms with Gasteiger partial charge in [-0.1, -0.05) is 63.2 Å². The second kappa shape index (κ2) is 6.81. The molecule has 1 aliphatic heterocycles. The molecule has 0 amide bonds. The third-order valence-electron chi connectivity index (χ3n) is 4.29. The Labute approximate surface area is 150 Å². The van der Waals surface area contributed by atoms with E-state index in [9.17, 15) is 8.42 Å². The van der Waals surface area contributed by atoms with Gasteiger partial charge in [0.05, 0.1) is 30.7 Å². The van der Waals surface area contributed by atoms with Crippen LogP contribution in [0.25, 0.3) is 0 Å². The quantitative estimate of drug-likeness (QED) is 0.739. The van der Waals surface area contributed by atoms with Gasteiger partial charge in [0, 0.05) is 0 Å². The van der Waals surface area contributed by atoms with Crippen LogP contribution in [0.15, 0.2) is 54.6 Å². The standard InChI is InChI=1S/C20H25NO3S/c1-20(2,3)17-9-7-8-16(12-17)15-25(22,23)21(13-19-14-24-19)18-10-5-4-6-11-18/h4-12,19H,13-15H2,1-3H3. The van der Waals surface area contributed by atoms with Crippen LogP contribution in [0.5, 0.6) is 0 Å². The van der Waals surface area contributed by atoms with E-state index in [0.29, 0.717) is 18.8 Å². The topological polar surface area (TPSA) is 49.9 Å². The summed E-state index contributed by atoms with van der Waals surface area (Å²) in [5, 5.41) is 0. The van der Waals surface area contributed by atoms with Gasteiger partial charge in [0.25, 0.3) is 0 Å². The predicted octanol–water partition coefficient (Wildman–Crippen LogP) is 3.72. The third-order valence-corrected chi connectivity index (χ3v) is 6.02. The molecule has 1 unspecified atom stereocenters. The van der Waals surface area contributed by atoms with Crippen LogP contribution < -0.4 is 4.31 Å². The van der Waals surface area contributed by atoms with Crippen LogP contribution in [0.2, 0.25) is 0 Å². The van der Waals surface area contributed by atoms with Crippen LogP contribution in [0.4, 0.5) is 5.69 Å². The van der Waals surface area contributed by atoms with Crippen molar-refractivity contribution in [3.63, 3.8) is 0 Å². The zero-order valence-electron chi connectivity index (χ0n) is 15.0. The van der Waals surface area contributed by atoms with Gasteiger partial charge in [0.15, 0.2) is 0 Å². The first-order chi connectivity index (χ1) is 11.8. The van der Waals surface area contributed by atoms with E-state index >= 15 is 0 Å². The largest absolute Gasteiger partial charge is 0.371 e. The lowest BCUT2D eigenvalue weighted by Gasteiger charge is -2.24. The van der Waals surface area contributed by atoms with Crippen LogP contribution in [0.1, 0.15) is 31.9 Å². The highest BCUT2D eigenvalue weighted by Crippen LogP contribution is 2.26. The molecular formula is C20H25NO3S. The third kappa shape index (κ3) is 4.61. The number of hydrogen-bond acceptors (Lipinski definition) is 3. The molecule has 0 bridgehead atoms. The lowest BCUT2D eigenvalue weighted by atomic mass is 9.86. The summed E-state index contributed by atoms with van der Waals surface area (Å²) in [7, 11) is -3.49. The molecule has 1 heterocycles. The normalized spacial score (nSPS) is 17.3. The number of nitrogens with zero attached hydrogens (tertiary/aromatic N) is 1. The fourth-order valence-corrected chi connectivity index (χ4v) is 4.34. The van der Waals surface area contributed by atoms with Crippen molar-refractivity contribution in [3.8, 4) is 0 Å². The average Bonchev–Trinajstić information content (AvgIpc) is 3.36. The Morgan fingerprint density at radius 2 is 1.76 bits per heavy atom. The maximum Gasteiger partial charge on any atom is 0.239 e. The molecule has 1 atom stereocenters. The summed E-state index contributed by atoms with van der Waals surface area (Å²) >= 11 is 0. The van der Waals surface area contributed by atoms with Gasteiger partial charge in [-0.2, -0.15) is 0 Å². The Morgan fingerprint density at radius 1 is 1.08 bits per heavy atom. The zero-order chi connectivity index (χ0) is 18.1. The zero-order valence-corrected chi connectivity index (χ0v) is 15.8. The van der Waals surface area contributed by atoms with Gasteiger partial charge in [-0.25, -0.2) is 8.42 Å². The second-order valence-corrected chi connectivity index (χ2v) is 9.42. The van der Waals surface area contributed by atoms with E-state index in [0.717, 1.165) is 11.1 Å². The molecule has 0 aliphatic carbocycles. The SMILES string of the molecule is CC(C)(C)c1cccc(CS(=O)(=O)N(CC2CO2)c2ccccc2)c1. The number of ether oxygens (including phenoxy) is 1. The molecule has 0 saturated carbocycles. The second-order valence-electron chi connectivity index (χ2n) is 7.53. The average molecular weight is 359 g/mol. The number of epoxide rings is 1. The van der Waals surface area contributed by atoms with E-state index in [1.54, 1.807) is 0 Å². The summed E-state index contributed by atoms with van der Waals surface area (Å²) in [6.45, 7) is 7.37. The Kier molecular flexibility index (Phi) is 4.89. The number of sulfonamides is 1. The minimum Gasteiger partial charge on any atom is -0.371 e. The van der Waals surface area contributed by atoms with Crippen LogP contribution in [0, 0.1) is 0 Å². The molecule has 134 valence electrons. The molecule has 1 fully saturated rings. The van der Waals surface area contributed by atoms with E-state index in [-0.39, 0.29) is 17.3 Å². The lowest BCUT2D eigenvalue weighted by Crippen LogP contribution is -2.35. The van der Waals surface area contributed by atoms with Crippen molar-refractivity contribution in [2.75, 3.05) is 17.5 Å². The number of para-hydroxylation sites is 1. The van der Waals surface area contributed by atoms with Crippen molar-refractivity contribution >= 4 is 15.7 Å². The minimum atomic E-state index is -3.49. The van der Waals surface area contributed by atoms with Gasteiger partial charge in [0.1, 0.15) is 0 Å². The fraction of sp³-hybridized carbons (Fsp3) is 0.400. The Bertz CT molecular complexity index is 822. The van der Waals surface area contributed by atoms with E-state index in [1.807, 2.05) is 54.6 Å². The Morgan fingerprint density at radius 3 is 2.36 bits per heavy atom. The van der Waals surface area contributed by atoms with Crippen molar-refractivity contribution in [3.05, 3.63) is 65.7 Å². The highest BCUT2D eigenvalue weighted by molar-refractivity contribution is 7.92. The molecular weight excluding hydrogens is 334 g/mol. The molecule has 0 radical (unpaired) electrons. The Hall–Kier alpha value is -1.85. The Balaban J connectivity index is 1.88. The smallest absolute Gasteiger partial charge is 0.239 e. The van der Waals surface area contributed by atoms with Crippen molar-refractivity contribution in [1.29, 1.82) is 0 Å². The van der Waals surface area contributed by atoms with Crippen LogP contribution in [0.3, 0.4) is 0 Å². The molecule has 1 saturated heterocycles. The van der Waals surface area contributed by atoms with E-state index < -0.39 is 10.0 Å². The molecule has 3 rings (SSSR count). The first-order valence-electron chi connectivity index (χ1n) is 8.52. The first-order valence-corrected chi connectivity index (χ1v) is 10.1. The number of hydrogen-bond donors (Lipinski definition) is 0. The fourth-order valence-electron chi connectivity index (χ4n) is 2.75. The molecule has 4 nitrogen and oxygen atoms in total. The highest BCUT2D eigenvalue weighted by atomic mass is 32.2. The molecule has 2 aromatic rings. The number of benzene rings is 2. The van der Waals surface area contributed by atoms with Crippen molar-refractivity contribution in [2.24, 2.45) is 0 Å². The molecule has 0 aromatic heterocycles. The van der Waals surface area contributed by atoms with Crippen molar-refractivity contribution in [2.45, 2.75) is 38.0 Å². The highest BCUT2D eigenvalue weighted by Gasteiger charge is 2.32. The summed E-state index contributed by atoms with van der Waals surface area (Å²) in [5.41, 5.74) is 2.62. The lowest BCUT2D eigenvalue weighted by molar-refractivity contribution is 0.412. The van der Waals surface area contributed by atoms with Crippen molar-refractivity contribution in [1.82, 2.24) is 0 Å². The van der Waals surface area contributed by atoms with Gasteiger partial charge in [-0.05, 0) is 28.7 Å². The van der Waals surface area contributed by atoms with Crippen LogP contribution in [-0.2, 0) is 25.9 Å². The summed E-state index contributed by atoms with van der Waals surface area (Å²) < 4.78 is 32.9. The molecule has 1 aliphatic rings. The summed E-state index contributed by atoms with van der Waals surface area (Å²) in [4.78, 5) is 0. The molecule has 25 heavy (non-hydrogen) atoms. The molecule has 0 N–H and O–H groups in total. The summed E-state index contributed by atoms with van der Waals surface area (Å²) in [6.07, 6.45) is -0.00381. The van der Waals surface area contributed by atoms with Gasteiger partial charge in [-0.15, -0.1) is 0 Å². The number of rotatable bonds is 6. The summed E-state index contributed by atoms with van der Waals surface area (Å²) in [5.74, 6) is -0.0153. The summed E-state index contributed by atoms with van der Waals surface area (Å²) in [6, 6.07) is 17.1. The van der Waals surface area contributed by atoms with Crippen LogP contribution >= 0.6 is 0 Å². The van der Waals surface area contributed by atoms with Crippen LogP contribution in [-0.4, -0.2) is 27.7 Å². The molecule has 2 aromatic carbocycles. The maximum atomic E-state index is 13.1. The maximum absolute atomic E-state index is 13.1. The molecule has 5 heteroatoms. The predicted molar refractivity (Wildman–Crippen MR) is 101 cm³/mol. The van der Waals surface area contributed by atoms with E-state index in [4.69, 9.17) is 4.74 Å². The van der Waals surface area contributed by atoms with Gasteiger partial charge >= 0.3 is 0 Å². The molecule has 0 spiro atoms. The number of anilines is 1. The minimum absolute atomic E-state index is 0.00381. The van der Waals surface area contributed by atoms with Gasteiger partial charge < -0.3 is 4.74 Å². The van der Waals surface area contributed by atoms with Gasteiger partial charge in [0.2, 0.25) is 10.0 Å². The van der Waals surface area contributed by atoms with E-state index in [1.165, 1.54) is 4.31 Å². The first kappa shape index (κ1) is 18.0. The van der Waals surface area contributed by atoms with Crippen molar-refractivity contribution < 1.29 is 13.2 Å². The van der Waals surface area contributed by atoms with E-state index in [2.05, 4.69) is 20.8 Å². The monoisotopic (exact) mass is 359 g/mol.